The van der Waals surface area contributed by atoms with E-state index in [4.69, 9.17) is 5.11 Å². The molecular weight excluding hydrogens is 235 g/mol. The Morgan fingerprint density at radius 3 is 2.94 bits per heavy atom. The molecule has 0 aliphatic carbocycles. The normalized spacial score (nSPS) is 12.3. The highest BCUT2D eigenvalue weighted by atomic mass is 19.1. The van der Waals surface area contributed by atoms with E-state index in [-0.39, 0.29) is 12.2 Å². The molecule has 0 bridgehead atoms. The van der Waals surface area contributed by atoms with E-state index < -0.39 is 5.97 Å². The zero-order chi connectivity index (χ0) is 13.4. The Morgan fingerprint density at radius 1 is 1.50 bits per heavy atom. The number of hydrogen-bond donors (Lipinski definition) is 2. The van der Waals surface area contributed by atoms with Crippen molar-refractivity contribution in [1.29, 1.82) is 0 Å². The minimum Gasteiger partial charge on any atom is -0.481 e. The van der Waals surface area contributed by atoms with Crippen molar-refractivity contribution in [3.05, 3.63) is 29.8 Å². The van der Waals surface area contributed by atoms with Gasteiger partial charge in [0.05, 0.1) is 6.20 Å². The molecule has 0 saturated heterocycles. The van der Waals surface area contributed by atoms with Crippen molar-refractivity contribution < 1.29 is 14.3 Å². The van der Waals surface area contributed by atoms with Crippen molar-refractivity contribution in [1.82, 2.24) is 10.3 Å². The van der Waals surface area contributed by atoms with Crippen LogP contribution < -0.4 is 5.32 Å². The van der Waals surface area contributed by atoms with Crippen molar-refractivity contribution in [2.45, 2.75) is 32.7 Å². The molecule has 0 fully saturated rings. The first kappa shape index (κ1) is 14.6. The first-order chi connectivity index (χ1) is 8.58. The highest BCUT2D eigenvalue weighted by Crippen LogP contribution is 2.09. The molecule has 1 aromatic rings. The summed E-state index contributed by atoms with van der Waals surface area (Å²) in [5, 5.41) is 11.7. The lowest BCUT2D eigenvalue weighted by atomic mass is 10.0. The van der Waals surface area contributed by atoms with E-state index in [1.807, 2.05) is 6.92 Å². The number of pyridine rings is 1. The molecule has 18 heavy (non-hydrogen) atoms. The summed E-state index contributed by atoms with van der Waals surface area (Å²) in [6.45, 7) is 3.40. The predicted octanol–water partition coefficient (Wildman–Crippen LogP) is 2.20. The van der Waals surface area contributed by atoms with Crippen LogP contribution in [-0.2, 0) is 11.3 Å². The smallest absolute Gasteiger partial charge is 0.303 e. The molecule has 1 aromatic heterocycles. The molecule has 1 rings (SSSR count). The SMILES string of the molecule is CC(CCNCc1cncc(F)c1)CCC(=O)O. The largest absolute Gasteiger partial charge is 0.481 e. The van der Waals surface area contributed by atoms with E-state index in [1.54, 1.807) is 6.20 Å². The van der Waals surface area contributed by atoms with Gasteiger partial charge in [0, 0.05) is 19.2 Å². The van der Waals surface area contributed by atoms with Gasteiger partial charge in [-0.2, -0.15) is 0 Å². The average molecular weight is 254 g/mol. The van der Waals surface area contributed by atoms with Gasteiger partial charge in [0.1, 0.15) is 5.82 Å². The number of aliphatic carboxylic acids is 1. The molecule has 1 atom stereocenters. The molecule has 100 valence electrons. The molecule has 0 aliphatic heterocycles. The number of hydrogen-bond acceptors (Lipinski definition) is 3. The Balaban J connectivity index is 2.13. The molecule has 0 aliphatic rings. The van der Waals surface area contributed by atoms with Gasteiger partial charge in [-0.25, -0.2) is 4.39 Å². The number of rotatable bonds is 8. The number of halogens is 1. The monoisotopic (exact) mass is 254 g/mol. The van der Waals surface area contributed by atoms with Gasteiger partial charge in [0.25, 0.3) is 0 Å². The number of carboxylic acids is 1. The van der Waals surface area contributed by atoms with Gasteiger partial charge in [0.2, 0.25) is 0 Å². The molecule has 5 heteroatoms. The summed E-state index contributed by atoms with van der Waals surface area (Å²) < 4.78 is 12.8. The van der Waals surface area contributed by atoms with Crippen LogP contribution in [0.25, 0.3) is 0 Å². The Kier molecular flexibility index (Phi) is 6.28. The summed E-state index contributed by atoms with van der Waals surface area (Å²) in [5.74, 6) is -0.705. The van der Waals surface area contributed by atoms with Crippen molar-refractivity contribution in [2.75, 3.05) is 6.54 Å². The van der Waals surface area contributed by atoms with Crippen LogP contribution >= 0.6 is 0 Å². The maximum absolute atomic E-state index is 12.8. The fraction of sp³-hybridized carbons (Fsp3) is 0.538. The van der Waals surface area contributed by atoms with Gasteiger partial charge in [0.15, 0.2) is 0 Å². The quantitative estimate of drug-likeness (QED) is 0.698. The summed E-state index contributed by atoms with van der Waals surface area (Å²) in [6.07, 6.45) is 4.63. The fourth-order valence-corrected chi connectivity index (χ4v) is 1.65. The molecule has 0 amide bonds. The molecule has 1 unspecified atom stereocenters. The van der Waals surface area contributed by atoms with Gasteiger partial charge >= 0.3 is 5.97 Å². The zero-order valence-electron chi connectivity index (χ0n) is 10.5. The standard InChI is InChI=1S/C13H19FN2O2/c1-10(2-3-13(17)18)4-5-15-7-11-6-12(14)9-16-8-11/h6,8-10,15H,2-5,7H2,1H3,(H,17,18). The summed E-state index contributed by atoms with van der Waals surface area (Å²) in [4.78, 5) is 14.2. The van der Waals surface area contributed by atoms with E-state index in [0.717, 1.165) is 18.5 Å². The summed E-state index contributed by atoms with van der Waals surface area (Å²) in [6, 6.07) is 1.45. The maximum Gasteiger partial charge on any atom is 0.303 e. The summed E-state index contributed by atoms with van der Waals surface area (Å²) >= 11 is 0. The summed E-state index contributed by atoms with van der Waals surface area (Å²) in [7, 11) is 0. The molecule has 4 nitrogen and oxygen atoms in total. The number of aromatic nitrogens is 1. The minimum absolute atomic E-state index is 0.217. The second-order valence-corrected chi connectivity index (χ2v) is 4.51. The van der Waals surface area contributed by atoms with Crippen LogP contribution in [0.3, 0.4) is 0 Å². The van der Waals surface area contributed by atoms with E-state index >= 15 is 0 Å². The molecule has 1 heterocycles. The van der Waals surface area contributed by atoms with Gasteiger partial charge in [-0.1, -0.05) is 6.92 Å². The lowest BCUT2D eigenvalue weighted by Crippen LogP contribution is -2.17. The Bertz CT molecular complexity index is 385. The van der Waals surface area contributed by atoms with Crippen LogP contribution in [-0.4, -0.2) is 22.6 Å². The number of nitrogens with one attached hydrogen (secondary N) is 1. The molecular formula is C13H19FN2O2. The maximum atomic E-state index is 12.8. The zero-order valence-corrected chi connectivity index (χ0v) is 10.5. The van der Waals surface area contributed by atoms with Crippen molar-refractivity contribution >= 4 is 5.97 Å². The minimum atomic E-state index is -0.749. The van der Waals surface area contributed by atoms with E-state index in [0.29, 0.717) is 18.9 Å². The van der Waals surface area contributed by atoms with E-state index in [2.05, 4.69) is 10.3 Å². The fourth-order valence-electron chi connectivity index (χ4n) is 1.65. The van der Waals surface area contributed by atoms with Crippen LogP contribution in [0.1, 0.15) is 31.7 Å². The highest BCUT2D eigenvalue weighted by molar-refractivity contribution is 5.66. The Morgan fingerprint density at radius 2 is 2.28 bits per heavy atom. The first-order valence-electron chi connectivity index (χ1n) is 6.10. The Labute approximate surface area is 106 Å². The van der Waals surface area contributed by atoms with Crippen molar-refractivity contribution in [3.8, 4) is 0 Å². The topological polar surface area (TPSA) is 62.2 Å². The van der Waals surface area contributed by atoms with Crippen LogP contribution in [0.2, 0.25) is 0 Å². The number of nitrogens with zero attached hydrogens (tertiary/aromatic N) is 1. The number of carbonyl (C=O) groups is 1. The van der Waals surface area contributed by atoms with E-state index in [1.165, 1.54) is 12.3 Å². The van der Waals surface area contributed by atoms with Gasteiger partial charge in [-0.05, 0) is 36.9 Å². The lowest BCUT2D eigenvalue weighted by molar-refractivity contribution is -0.137. The van der Waals surface area contributed by atoms with Gasteiger partial charge in [-0.15, -0.1) is 0 Å². The van der Waals surface area contributed by atoms with Crippen LogP contribution in [0.4, 0.5) is 4.39 Å². The molecule has 2 N–H and O–H groups in total. The van der Waals surface area contributed by atoms with Crippen LogP contribution in [0.5, 0.6) is 0 Å². The highest BCUT2D eigenvalue weighted by Gasteiger charge is 2.05. The van der Waals surface area contributed by atoms with Crippen molar-refractivity contribution in [3.63, 3.8) is 0 Å². The molecule has 0 saturated carbocycles. The van der Waals surface area contributed by atoms with Gasteiger partial charge in [-0.3, -0.25) is 9.78 Å². The lowest BCUT2D eigenvalue weighted by Gasteiger charge is -2.10. The summed E-state index contributed by atoms with van der Waals surface area (Å²) in [5.41, 5.74) is 0.813. The van der Waals surface area contributed by atoms with Crippen molar-refractivity contribution in [2.24, 2.45) is 5.92 Å². The van der Waals surface area contributed by atoms with E-state index in [9.17, 15) is 9.18 Å². The van der Waals surface area contributed by atoms with Crippen LogP contribution in [0, 0.1) is 11.7 Å². The van der Waals surface area contributed by atoms with Crippen LogP contribution in [0.15, 0.2) is 18.5 Å². The number of carboxylic acid groups (broad SMARTS) is 1. The molecule has 0 radical (unpaired) electrons. The Hall–Kier alpha value is -1.49. The molecule has 0 spiro atoms. The predicted molar refractivity (Wildman–Crippen MR) is 66.6 cm³/mol. The third-order valence-electron chi connectivity index (χ3n) is 2.76. The molecule has 0 aromatic carbocycles. The second-order valence-electron chi connectivity index (χ2n) is 4.51. The average Bonchev–Trinajstić information content (AvgIpc) is 2.32. The third kappa shape index (κ3) is 6.30. The third-order valence-corrected chi connectivity index (χ3v) is 2.76. The van der Waals surface area contributed by atoms with Gasteiger partial charge < -0.3 is 10.4 Å². The first-order valence-corrected chi connectivity index (χ1v) is 6.10. The second kappa shape index (κ2) is 7.76.